The van der Waals surface area contributed by atoms with Crippen LogP contribution < -0.4 is 21.3 Å². The van der Waals surface area contributed by atoms with Crippen LogP contribution in [-0.2, 0) is 25.4 Å². The van der Waals surface area contributed by atoms with E-state index in [0.29, 0.717) is 17.2 Å². The smallest absolute Gasteiger partial charge is 0.332 e. The SMILES string of the molecule is Cn1c(=O)c2c(nc(Nc3ccc(Oc4ccccc4)cc3)n2CC(=O)O)n(C)c1=O. The predicted molar refractivity (Wildman–Crippen MR) is 114 cm³/mol. The first-order chi connectivity index (χ1) is 14.8. The Hall–Kier alpha value is -4.34. The fourth-order valence-corrected chi connectivity index (χ4v) is 3.19. The Labute approximate surface area is 175 Å². The van der Waals surface area contributed by atoms with Gasteiger partial charge in [0.1, 0.15) is 18.0 Å². The number of hydrogen-bond acceptors (Lipinski definition) is 6. The van der Waals surface area contributed by atoms with E-state index in [9.17, 15) is 19.5 Å². The number of rotatable bonds is 6. The van der Waals surface area contributed by atoms with Gasteiger partial charge in [-0.05, 0) is 36.4 Å². The molecule has 0 aliphatic rings. The number of nitrogens with zero attached hydrogens (tertiary/aromatic N) is 4. The van der Waals surface area contributed by atoms with Crippen LogP contribution in [0, 0.1) is 0 Å². The van der Waals surface area contributed by atoms with E-state index < -0.39 is 23.8 Å². The maximum absolute atomic E-state index is 12.6. The van der Waals surface area contributed by atoms with Gasteiger partial charge in [0, 0.05) is 19.8 Å². The van der Waals surface area contributed by atoms with Crippen molar-refractivity contribution < 1.29 is 14.6 Å². The number of carbonyl (C=O) groups is 1. The molecule has 0 aliphatic carbocycles. The molecular weight excluding hydrogens is 402 g/mol. The molecule has 2 heterocycles. The first-order valence-electron chi connectivity index (χ1n) is 9.33. The third-order valence-corrected chi connectivity index (χ3v) is 4.73. The highest BCUT2D eigenvalue weighted by Crippen LogP contribution is 2.25. The standard InChI is InChI=1S/C21H19N5O5/c1-24-18-17(19(29)25(2)21(24)30)26(12-16(27)28)20(23-18)22-13-8-10-15(11-9-13)31-14-6-4-3-5-7-14/h3-11H,12H2,1-2H3,(H,22,23)(H,27,28). The summed E-state index contributed by atoms with van der Waals surface area (Å²) in [6.45, 7) is -0.499. The van der Waals surface area contributed by atoms with Crippen LogP contribution in [-0.4, -0.2) is 29.8 Å². The number of aryl methyl sites for hydroxylation is 1. The lowest BCUT2D eigenvalue weighted by molar-refractivity contribution is -0.137. The molecule has 158 valence electrons. The zero-order valence-electron chi connectivity index (χ0n) is 16.8. The average Bonchev–Trinajstić information content (AvgIpc) is 3.10. The Morgan fingerprint density at radius 3 is 2.29 bits per heavy atom. The number of carboxylic acid groups (broad SMARTS) is 1. The summed E-state index contributed by atoms with van der Waals surface area (Å²) < 4.78 is 9.13. The summed E-state index contributed by atoms with van der Waals surface area (Å²) in [5, 5.41) is 12.3. The van der Waals surface area contributed by atoms with Crippen molar-refractivity contribution >= 4 is 28.8 Å². The van der Waals surface area contributed by atoms with Crippen LogP contribution in [0.2, 0.25) is 0 Å². The Morgan fingerprint density at radius 2 is 1.65 bits per heavy atom. The van der Waals surface area contributed by atoms with Gasteiger partial charge in [0.15, 0.2) is 11.2 Å². The Morgan fingerprint density at radius 1 is 1.00 bits per heavy atom. The summed E-state index contributed by atoms with van der Waals surface area (Å²) >= 11 is 0. The highest BCUT2D eigenvalue weighted by molar-refractivity contribution is 5.79. The molecule has 0 unspecified atom stereocenters. The van der Waals surface area contributed by atoms with Crippen molar-refractivity contribution in [2.45, 2.75) is 6.54 Å². The lowest BCUT2D eigenvalue weighted by Crippen LogP contribution is -2.37. The molecule has 0 bridgehead atoms. The average molecular weight is 421 g/mol. The molecule has 0 fully saturated rings. The molecule has 0 saturated heterocycles. The van der Waals surface area contributed by atoms with E-state index >= 15 is 0 Å². The van der Waals surface area contributed by atoms with E-state index in [2.05, 4.69) is 10.3 Å². The molecule has 31 heavy (non-hydrogen) atoms. The lowest BCUT2D eigenvalue weighted by Gasteiger charge is -2.10. The summed E-state index contributed by atoms with van der Waals surface area (Å²) in [5.74, 6) is 0.299. The lowest BCUT2D eigenvalue weighted by atomic mass is 10.3. The molecule has 0 saturated carbocycles. The van der Waals surface area contributed by atoms with E-state index in [1.807, 2.05) is 30.3 Å². The first kappa shape index (κ1) is 20.0. The number of aromatic nitrogens is 4. The highest BCUT2D eigenvalue weighted by atomic mass is 16.5. The van der Waals surface area contributed by atoms with Gasteiger partial charge in [-0.25, -0.2) is 4.79 Å². The van der Waals surface area contributed by atoms with E-state index in [1.54, 1.807) is 24.3 Å². The summed E-state index contributed by atoms with van der Waals surface area (Å²) in [6, 6.07) is 16.3. The van der Waals surface area contributed by atoms with Gasteiger partial charge >= 0.3 is 11.7 Å². The molecule has 4 rings (SSSR count). The van der Waals surface area contributed by atoms with Crippen LogP contribution in [0.1, 0.15) is 0 Å². The summed E-state index contributed by atoms with van der Waals surface area (Å²) in [4.78, 5) is 40.6. The maximum atomic E-state index is 12.6. The van der Waals surface area contributed by atoms with E-state index in [-0.39, 0.29) is 17.1 Å². The number of fused-ring (bicyclic) bond motifs is 1. The number of carboxylic acids is 1. The fourth-order valence-electron chi connectivity index (χ4n) is 3.19. The minimum atomic E-state index is -1.15. The van der Waals surface area contributed by atoms with Crippen molar-refractivity contribution in [3.05, 3.63) is 75.4 Å². The van der Waals surface area contributed by atoms with Gasteiger partial charge in [0.2, 0.25) is 5.95 Å². The second-order valence-corrected chi connectivity index (χ2v) is 6.86. The van der Waals surface area contributed by atoms with Crippen LogP contribution in [0.4, 0.5) is 11.6 Å². The number of anilines is 2. The zero-order valence-corrected chi connectivity index (χ0v) is 16.8. The highest BCUT2D eigenvalue weighted by Gasteiger charge is 2.20. The van der Waals surface area contributed by atoms with E-state index in [4.69, 9.17) is 4.74 Å². The van der Waals surface area contributed by atoms with Crippen LogP contribution >= 0.6 is 0 Å². The maximum Gasteiger partial charge on any atom is 0.332 e. The van der Waals surface area contributed by atoms with E-state index in [0.717, 1.165) is 4.57 Å². The van der Waals surface area contributed by atoms with Crippen molar-refractivity contribution in [1.29, 1.82) is 0 Å². The van der Waals surface area contributed by atoms with Gasteiger partial charge in [-0.2, -0.15) is 4.98 Å². The quantitative estimate of drug-likeness (QED) is 0.489. The van der Waals surface area contributed by atoms with Crippen LogP contribution in [0.5, 0.6) is 11.5 Å². The third kappa shape index (κ3) is 3.78. The van der Waals surface area contributed by atoms with Gasteiger partial charge in [0.05, 0.1) is 0 Å². The monoisotopic (exact) mass is 421 g/mol. The number of para-hydroxylation sites is 1. The molecule has 2 aromatic carbocycles. The minimum absolute atomic E-state index is 0.0264. The number of aliphatic carboxylic acids is 1. The molecule has 0 atom stereocenters. The normalized spacial score (nSPS) is 10.9. The number of benzene rings is 2. The van der Waals surface area contributed by atoms with Gasteiger partial charge in [-0.1, -0.05) is 18.2 Å². The second kappa shape index (κ2) is 7.82. The number of nitrogens with one attached hydrogen (secondary N) is 1. The number of hydrogen-bond donors (Lipinski definition) is 2. The molecule has 0 amide bonds. The van der Waals surface area contributed by atoms with Crippen LogP contribution in [0.3, 0.4) is 0 Å². The summed E-state index contributed by atoms with van der Waals surface area (Å²) in [7, 11) is 2.81. The molecule has 0 radical (unpaired) electrons. The van der Waals surface area contributed by atoms with Crippen molar-refractivity contribution in [3.63, 3.8) is 0 Å². The Balaban J connectivity index is 1.71. The van der Waals surface area contributed by atoms with Gasteiger partial charge in [-0.15, -0.1) is 0 Å². The van der Waals surface area contributed by atoms with E-state index in [1.165, 1.54) is 23.2 Å². The minimum Gasteiger partial charge on any atom is -0.480 e. The molecule has 4 aromatic rings. The molecule has 2 N–H and O–H groups in total. The first-order valence-corrected chi connectivity index (χ1v) is 9.33. The van der Waals surface area contributed by atoms with Gasteiger partial charge in [0.25, 0.3) is 5.56 Å². The zero-order chi connectivity index (χ0) is 22.1. The van der Waals surface area contributed by atoms with Gasteiger partial charge < -0.3 is 15.2 Å². The van der Waals surface area contributed by atoms with Crippen LogP contribution in [0.15, 0.2) is 64.2 Å². The molecule has 10 heteroatoms. The van der Waals surface area contributed by atoms with Gasteiger partial charge in [-0.3, -0.25) is 23.3 Å². The second-order valence-electron chi connectivity index (χ2n) is 6.86. The summed E-state index contributed by atoms with van der Waals surface area (Å²) in [6.07, 6.45) is 0. The molecule has 10 nitrogen and oxygen atoms in total. The van der Waals surface area contributed by atoms with Crippen molar-refractivity contribution in [1.82, 2.24) is 18.7 Å². The van der Waals surface area contributed by atoms with Crippen molar-refractivity contribution in [3.8, 4) is 11.5 Å². The fraction of sp³-hybridized carbons (Fsp3) is 0.143. The Bertz CT molecular complexity index is 1380. The molecule has 2 aromatic heterocycles. The predicted octanol–water partition coefficient (Wildman–Crippen LogP) is 2.05. The third-order valence-electron chi connectivity index (χ3n) is 4.73. The number of ether oxygens (including phenoxy) is 1. The van der Waals surface area contributed by atoms with Crippen molar-refractivity contribution in [2.75, 3.05) is 5.32 Å². The number of imidazole rings is 1. The Kier molecular flexibility index (Phi) is 5.04. The molecular formula is C21H19N5O5. The topological polar surface area (TPSA) is 120 Å². The molecule has 0 spiro atoms. The van der Waals surface area contributed by atoms with Crippen LogP contribution in [0.25, 0.3) is 11.2 Å². The largest absolute Gasteiger partial charge is 0.480 e. The van der Waals surface area contributed by atoms with Crippen molar-refractivity contribution in [2.24, 2.45) is 14.1 Å². The molecule has 0 aliphatic heterocycles. The summed E-state index contributed by atoms with van der Waals surface area (Å²) in [5.41, 5.74) is -0.443.